The molecule has 5 rings (SSSR count). The molecule has 0 saturated carbocycles. The van der Waals surface area contributed by atoms with E-state index in [1.807, 2.05) is 0 Å². The van der Waals surface area contributed by atoms with Crippen LogP contribution >= 0.6 is 0 Å². The van der Waals surface area contributed by atoms with Gasteiger partial charge < -0.3 is 9.80 Å². The Bertz CT molecular complexity index is 1210. The molecule has 0 amide bonds. The van der Waals surface area contributed by atoms with Gasteiger partial charge in [-0.15, -0.1) is 0 Å². The quantitative estimate of drug-likeness (QED) is 0.259. The van der Waals surface area contributed by atoms with E-state index >= 15 is 0 Å². The van der Waals surface area contributed by atoms with Crippen molar-refractivity contribution in [1.82, 2.24) is 9.80 Å². The first-order valence-corrected chi connectivity index (χ1v) is 16.0. The molecule has 41 heavy (non-hydrogen) atoms. The Morgan fingerprint density at radius 2 is 1.29 bits per heavy atom. The second kappa shape index (κ2) is 13.9. The average Bonchev–Trinajstić information content (AvgIpc) is 2.95. The van der Waals surface area contributed by atoms with Crippen molar-refractivity contribution in [2.24, 2.45) is 11.8 Å². The summed E-state index contributed by atoms with van der Waals surface area (Å²) in [6, 6.07) is 30.4. The Morgan fingerprint density at radius 1 is 0.659 bits per heavy atom. The van der Waals surface area contributed by atoms with Crippen LogP contribution in [0.4, 0.5) is 11.4 Å². The molecule has 0 spiro atoms. The van der Waals surface area contributed by atoms with Crippen LogP contribution in [-0.4, -0.2) is 61.2 Å². The van der Waals surface area contributed by atoms with Crippen molar-refractivity contribution < 1.29 is 0 Å². The van der Waals surface area contributed by atoms with Crippen LogP contribution in [0.15, 0.2) is 78.9 Å². The van der Waals surface area contributed by atoms with Gasteiger partial charge in [0.05, 0.1) is 0 Å². The predicted molar refractivity (Wildman–Crippen MR) is 176 cm³/mol. The molecule has 4 nitrogen and oxygen atoms in total. The summed E-state index contributed by atoms with van der Waals surface area (Å²) in [5.41, 5.74) is 7.08. The third-order valence-electron chi connectivity index (χ3n) is 8.99. The molecule has 2 atom stereocenters. The molecular weight excluding hydrogens is 500 g/mol. The molecule has 4 heteroatoms. The summed E-state index contributed by atoms with van der Waals surface area (Å²) in [5.74, 6) is 1.38. The molecule has 2 aliphatic rings. The molecule has 0 bridgehead atoms. The average molecular weight is 553 g/mol. The van der Waals surface area contributed by atoms with Crippen molar-refractivity contribution in [3.63, 3.8) is 0 Å². The van der Waals surface area contributed by atoms with Crippen LogP contribution in [0.1, 0.15) is 57.2 Å². The highest BCUT2D eigenvalue weighted by atomic mass is 15.3. The highest BCUT2D eigenvalue weighted by Gasteiger charge is 2.30. The van der Waals surface area contributed by atoms with E-state index in [0.717, 1.165) is 52.4 Å². The third-order valence-corrected chi connectivity index (χ3v) is 8.99. The van der Waals surface area contributed by atoms with E-state index in [0.29, 0.717) is 23.9 Å². The minimum atomic E-state index is 0.551. The molecule has 0 radical (unpaired) electrons. The number of hydrogen-bond acceptors (Lipinski definition) is 4. The van der Waals surface area contributed by atoms with Gasteiger partial charge in [0.1, 0.15) is 0 Å². The van der Waals surface area contributed by atoms with E-state index in [4.69, 9.17) is 0 Å². The van der Waals surface area contributed by atoms with Gasteiger partial charge in [-0.1, -0.05) is 88.4 Å². The summed E-state index contributed by atoms with van der Waals surface area (Å²) >= 11 is 0. The number of hydrogen-bond donors (Lipinski definition) is 0. The lowest BCUT2D eigenvalue weighted by Crippen LogP contribution is -2.54. The molecule has 2 heterocycles. The monoisotopic (exact) mass is 552 g/mol. The molecule has 0 aromatic heterocycles. The molecule has 3 aromatic rings. The Hall–Kier alpha value is -2.82. The van der Waals surface area contributed by atoms with Gasteiger partial charge in [0, 0.05) is 75.8 Å². The predicted octanol–water partition coefficient (Wildman–Crippen LogP) is 7.47. The van der Waals surface area contributed by atoms with Crippen molar-refractivity contribution in [1.29, 1.82) is 0 Å². The van der Waals surface area contributed by atoms with Crippen molar-refractivity contribution in [2.45, 2.75) is 72.6 Å². The zero-order chi connectivity index (χ0) is 28.8. The first-order chi connectivity index (χ1) is 19.9. The second-order valence-electron chi connectivity index (χ2n) is 13.4. The Labute approximate surface area is 250 Å². The smallest absolute Gasteiger partial charge is 0.0420 e. The van der Waals surface area contributed by atoms with Crippen LogP contribution < -0.4 is 9.80 Å². The highest BCUT2D eigenvalue weighted by molar-refractivity contribution is 5.62. The fourth-order valence-corrected chi connectivity index (χ4v) is 7.07. The van der Waals surface area contributed by atoms with Gasteiger partial charge >= 0.3 is 0 Å². The van der Waals surface area contributed by atoms with Crippen molar-refractivity contribution in [2.75, 3.05) is 49.1 Å². The van der Waals surface area contributed by atoms with Crippen LogP contribution in [0.5, 0.6) is 0 Å². The van der Waals surface area contributed by atoms with Crippen molar-refractivity contribution >= 4 is 11.4 Å². The molecule has 2 fully saturated rings. The summed E-state index contributed by atoms with van der Waals surface area (Å²) in [7, 11) is 0. The zero-order valence-electron chi connectivity index (χ0n) is 26.2. The minimum absolute atomic E-state index is 0.551. The summed E-state index contributed by atoms with van der Waals surface area (Å²) in [6.45, 7) is 20.6. The summed E-state index contributed by atoms with van der Waals surface area (Å²) in [4.78, 5) is 10.7. The number of piperazine rings is 2. The summed E-state index contributed by atoms with van der Waals surface area (Å²) in [6.07, 6.45) is 2.47. The Balaban J connectivity index is 1.28. The van der Waals surface area contributed by atoms with Gasteiger partial charge in [-0.05, 0) is 66.5 Å². The van der Waals surface area contributed by atoms with Gasteiger partial charge in [-0.2, -0.15) is 0 Å². The normalized spacial score (nSPS) is 20.8. The van der Waals surface area contributed by atoms with Crippen molar-refractivity contribution in [3.8, 4) is 0 Å². The maximum absolute atomic E-state index is 2.72. The van der Waals surface area contributed by atoms with Crippen molar-refractivity contribution in [3.05, 3.63) is 95.6 Å². The molecule has 3 aromatic carbocycles. The maximum atomic E-state index is 2.72. The molecule has 220 valence electrons. The molecule has 2 aliphatic heterocycles. The number of nitrogens with zero attached hydrogens (tertiary/aromatic N) is 4. The molecule has 0 aliphatic carbocycles. The van der Waals surface area contributed by atoms with E-state index in [1.54, 1.807) is 0 Å². The maximum Gasteiger partial charge on any atom is 0.0420 e. The Kier molecular flexibility index (Phi) is 10.1. The Morgan fingerprint density at radius 3 is 1.93 bits per heavy atom. The second-order valence-corrected chi connectivity index (χ2v) is 13.4. The first kappa shape index (κ1) is 29.7. The summed E-state index contributed by atoms with van der Waals surface area (Å²) in [5, 5.41) is 0. The number of benzene rings is 3. The van der Waals surface area contributed by atoms with Gasteiger partial charge in [0.25, 0.3) is 0 Å². The van der Waals surface area contributed by atoms with E-state index in [1.165, 1.54) is 40.9 Å². The molecule has 0 unspecified atom stereocenters. The largest absolute Gasteiger partial charge is 0.368 e. The zero-order valence-corrected chi connectivity index (χ0v) is 26.2. The van der Waals surface area contributed by atoms with Gasteiger partial charge in [0.15, 0.2) is 0 Å². The first-order valence-electron chi connectivity index (χ1n) is 16.0. The lowest BCUT2D eigenvalue weighted by Gasteiger charge is -2.45. The standard InChI is InChI=1S/C37H52N4/c1-29(2)22-35-28-40(20-19-39(35)26-33-14-10-7-11-15-33)37-17-16-34(24-31(37)5)41-21-18-38(27-36(41)23-30(3)4)25-32-12-8-6-9-13-32/h6-17,24,29-30,35-36H,18-23,25-28H2,1-5H3/t35-,36-/m0/s1. The molecule has 0 N–H and O–H groups in total. The lowest BCUT2D eigenvalue weighted by atomic mass is 9.97. The van der Waals surface area contributed by atoms with Gasteiger partial charge in [0.2, 0.25) is 0 Å². The van der Waals surface area contributed by atoms with Crippen LogP contribution in [0.3, 0.4) is 0 Å². The lowest BCUT2D eigenvalue weighted by molar-refractivity contribution is 0.148. The highest BCUT2D eigenvalue weighted by Crippen LogP contribution is 2.32. The van der Waals surface area contributed by atoms with Crippen LogP contribution in [0, 0.1) is 18.8 Å². The number of aryl methyl sites for hydroxylation is 1. The van der Waals surface area contributed by atoms with E-state index in [2.05, 4.69) is 133 Å². The van der Waals surface area contributed by atoms with Crippen LogP contribution in [0.2, 0.25) is 0 Å². The fourth-order valence-electron chi connectivity index (χ4n) is 7.07. The topological polar surface area (TPSA) is 13.0 Å². The number of anilines is 2. The fraction of sp³-hybridized carbons (Fsp3) is 0.514. The van der Waals surface area contributed by atoms with Gasteiger partial charge in [-0.25, -0.2) is 0 Å². The summed E-state index contributed by atoms with van der Waals surface area (Å²) < 4.78 is 0. The van der Waals surface area contributed by atoms with E-state index in [-0.39, 0.29) is 0 Å². The molecular formula is C37H52N4. The van der Waals surface area contributed by atoms with Gasteiger partial charge in [-0.3, -0.25) is 9.80 Å². The third kappa shape index (κ3) is 7.93. The minimum Gasteiger partial charge on any atom is -0.368 e. The van der Waals surface area contributed by atoms with E-state index < -0.39 is 0 Å². The SMILES string of the molecule is Cc1cc(N2CCN(Cc3ccccc3)C[C@@H]2CC(C)C)ccc1N1CCN(Cc2ccccc2)[C@@H](CC(C)C)C1. The number of rotatable bonds is 10. The van der Waals surface area contributed by atoms with Crippen LogP contribution in [0.25, 0.3) is 0 Å². The van der Waals surface area contributed by atoms with E-state index in [9.17, 15) is 0 Å². The molecule has 2 saturated heterocycles. The van der Waals surface area contributed by atoms with Crippen LogP contribution in [-0.2, 0) is 13.1 Å².